The van der Waals surface area contributed by atoms with E-state index in [-0.39, 0.29) is 24.6 Å². The van der Waals surface area contributed by atoms with Crippen LogP contribution in [0.25, 0.3) is 0 Å². The number of benzene rings is 1. The van der Waals surface area contributed by atoms with E-state index in [9.17, 15) is 4.79 Å². The van der Waals surface area contributed by atoms with Gasteiger partial charge < -0.3 is 24.7 Å². The molecule has 9 heteroatoms. The molecule has 1 amide bonds. The summed E-state index contributed by atoms with van der Waals surface area (Å²) in [6, 6.07) is 14.5. The first kappa shape index (κ1) is 21.3. The summed E-state index contributed by atoms with van der Waals surface area (Å²) < 4.78 is 10.8. The molecule has 160 valence electrons. The van der Waals surface area contributed by atoms with Crippen LogP contribution >= 0.6 is 23.8 Å². The van der Waals surface area contributed by atoms with Crippen LogP contribution in [0.15, 0.2) is 59.1 Å². The lowest BCUT2D eigenvalue weighted by Crippen LogP contribution is -2.29. The van der Waals surface area contributed by atoms with Crippen LogP contribution in [0.5, 0.6) is 0 Å². The van der Waals surface area contributed by atoms with E-state index in [1.807, 2.05) is 48.2 Å². The molecule has 4 rings (SSSR count). The first-order chi connectivity index (χ1) is 15.0. The Morgan fingerprint density at radius 3 is 2.81 bits per heavy atom. The molecule has 0 spiro atoms. The number of amides is 1. The Kier molecular flexibility index (Phi) is 6.22. The molecule has 1 aliphatic rings. The van der Waals surface area contributed by atoms with Gasteiger partial charge in [0.2, 0.25) is 5.91 Å². The lowest BCUT2D eigenvalue weighted by Gasteiger charge is -2.26. The number of thiocarbonyl (C=S) groups is 1. The highest BCUT2D eigenvalue weighted by Crippen LogP contribution is 2.43. The Morgan fingerprint density at radius 1 is 1.32 bits per heavy atom. The standard InChI is InChI=1S/C22H21ClN4O3S/c1-13-6-9-18(30-13)21-20(17-5-3-4-10-24-17)26-22(31)27(21)14-7-8-16(15(23)11-14)25-19(28)12-29-2/h3-11,20-21H,12H2,1-2H3,(H,25,28)(H,26,31)/t20-,21-/m1/s1. The highest BCUT2D eigenvalue weighted by Gasteiger charge is 2.42. The van der Waals surface area contributed by atoms with Crippen molar-refractivity contribution in [2.75, 3.05) is 23.9 Å². The number of nitrogens with one attached hydrogen (secondary N) is 2. The number of methoxy groups -OCH3 is 1. The summed E-state index contributed by atoms with van der Waals surface area (Å²) in [5.74, 6) is 1.28. The van der Waals surface area contributed by atoms with Gasteiger partial charge in [0.25, 0.3) is 0 Å². The highest BCUT2D eigenvalue weighted by molar-refractivity contribution is 7.80. The fraction of sp³-hybridized carbons (Fsp3) is 0.227. The van der Waals surface area contributed by atoms with Gasteiger partial charge in [-0.1, -0.05) is 17.7 Å². The van der Waals surface area contributed by atoms with E-state index < -0.39 is 0 Å². The average Bonchev–Trinajstić information content (AvgIpc) is 3.33. The lowest BCUT2D eigenvalue weighted by atomic mass is 10.0. The summed E-state index contributed by atoms with van der Waals surface area (Å²) in [5, 5.41) is 7.01. The van der Waals surface area contributed by atoms with Gasteiger partial charge in [-0.05, 0) is 61.6 Å². The summed E-state index contributed by atoms with van der Waals surface area (Å²) in [4.78, 5) is 18.3. The number of hydrogen-bond donors (Lipinski definition) is 2. The predicted octanol–water partition coefficient (Wildman–Crippen LogP) is 4.40. The van der Waals surface area contributed by atoms with Crippen LogP contribution in [-0.2, 0) is 9.53 Å². The minimum atomic E-state index is -0.283. The predicted molar refractivity (Wildman–Crippen MR) is 123 cm³/mol. The molecule has 1 saturated heterocycles. The zero-order chi connectivity index (χ0) is 22.0. The van der Waals surface area contributed by atoms with Gasteiger partial charge in [0.05, 0.1) is 22.4 Å². The second kappa shape index (κ2) is 9.05. The van der Waals surface area contributed by atoms with Crippen molar-refractivity contribution in [3.63, 3.8) is 0 Å². The molecular formula is C22H21ClN4O3S. The van der Waals surface area contributed by atoms with E-state index >= 15 is 0 Å². The first-order valence-corrected chi connectivity index (χ1v) is 10.4. The molecule has 2 aromatic heterocycles. The van der Waals surface area contributed by atoms with Gasteiger partial charge in [-0.15, -0.1) is 0 Å². The number of nitrogens with zero attached hydrogens (tertiary/aromatic N) is 2. The molecule has 1 aliphatic heterocycles. The average molecular weight is 457 g/mol. The first-order valence-electron chi connectivity index (χ1n) is 9.63. The SMILES string of the molecule is COCC(=O)Nc1ccc(N2C(=S)N[C@H](c3ccccn3)[C@H]2c2ccc(C)o2)cc1Cl. The number of halogens is 1. The third-order valence-electron chi connectivity index (χ3n) is 4.93. The van der Waals surface area contributed by atoms with Crippen molar-refractivity contribution in [1.29, 1.82) is 0 Å². The molecular weight excluding hydrogens is 436 g/mol. The van der Waals surface area contributed by atoms with Crippen LogP contribution < -0.4 is 15.5 Å². The largest absolute Gasteiger partial charge is 0.464 e. The Labute approximate surface area is 190 Å². The Hall–Kier alpha value is -2.94. The van der Waals surface area contributed by atoms with Crippen molar-refractivity contribution in [3.05, 3.63) is 77.0 Å². The molecule has 2 N–H and O–H groups in total. The van der Waals surface area contributed by atoms with E-state index in [2.05, 4.69) is 15.6 Å². The number of pyridine rings is 1. The van der Waals surface area contributed by atoms with Crippen LogP contribution in [-0.4, -0.2) is 29.7 Å². The van der Waals surface area contributed by atoms with Gasteiger partial charge in [-0.2, -0.15) is 0 Å². The monoisotopic (exact) mass is 456 g/mol. The molecule has 3 aromatic rings. The lowest BCUT2D eigenvalue weighted by molar-refractivity contribution is -0.119. The molecule has 1 aromatic carbocycles. The van der Waals surface area contributed by atoms with Crippen molar-refractivity contribution in [1.82, 2.24) is 10.3 Å². The fourth-order valence-corrected chi connectivity index (χ4v) is 4.17. The van der Waals surface area contributed by atoms with E-state index in [0.717, 1.165) is 22.9 Å². The number of carbonyl (C=O) groups is 1. The maximum Gasteiger partial charge on any atom is 0.250 e. The molecule has 0 aliphatic carbocycles. The maximum atomic E-state index is 11.8. The van der Waals surface area contributed by atoms with E-state index in [0.29, 0.717) is 15.8 Å². The van der Waals surface area contributed by atoms with Crippen LogP contribution in [0.4, 0.5) is 11.4 Å². The third-order valence-corrected chi connectivity index (χ3v) is 5.56. The molecule has 0 unspecified atom stereocenters. The maximum absolute atomic E-state index is 11.8. The number of furan rings is 1. The Bertz CT molecular complexity index is 1110. The summed E-state index contributed by atoms with van der Waals surface area (Å²) in [6.45, 7) is 1.85. The molecule has 0 bridgehead atoms. The van der Waals surface area contributed by atoms with Gasteiger partial charge in [-0.25, -0.2) is 0 Å². The number of rotatable bonds is 6. The number of anilines is 2. The number of ether oxygens (including phenoxy) is 1. The minimum absolute atomic E-state index is 0.0517. The van der Waals surface area contributed by atoms with E-state index in [4.69, 9.17) is 33.0 Å². The number of aryl methyl sites for hydroxylation is 1. The van der Waals surface area contributed by atoms with Gasteiger partial charge >= 0.3 is 0 Å². The summed E-state index contributed by atoms with van der Waals surface area (Å²) in [5.41, 5.74) is 2.11. The summed E-state index contributed by atoms with van der Waals surface area (Å²) in [6.07, 6.45) is 1.75. The Balaban J connectivity index is 1.71. The second-order valence-electron chi connectivity index (χ2n) is 7.09. The van der Waals surface area contributed by atoms with Gasteiger partial charge in [0, 0.05) is 19.0 Å². The number of aromatic nitrogens is 1. The molecule has 1 fully saturated rings. The van der Waals surface area contributed by atoms with Crippen LogP contribution in [0.2, 0.25) is 5.02 Å². The third kappa shape index (κ3) is 4.41. The van der Waals surface area contributed by atoms with Crippen LogP contribution in [0.3, 0.4) is 0 Å². The molecule has 3 heterocycles. The Morgan fingerprint density at radius 2 is 2.16 bits per heavy atom. The van der Waals surface area contributed by atoms with E-state index in [1.165, 1.54) is 7.11 Å². The van der Waals surface area contributed by atoms with E-state index in [1.54, 1.807) is 18.3 Å². The molecule has 31 heavy (non-hydrogen) atoms. The van der Waals surface area contributed by atoms with Gasteiger partial charge in [0.1, 0.15) is 24.2 Å². The zero-order valence-electron chi connectivity index (χ0n) is 17.0. The second-order valence-corrected chi connectivity index (χ2v) is 7.88. The summed E-state index contributed by atoms with van der Waals surface area (Å²) >= 11 is 12.1. The van der Waals surface area contributed by atoms with Crippen molar-refractivity contribution >= 4 is 46.2 Å². The van der Waals surface area contributed by atoms with Crippen molar-refractivity contribution in [2.45, 2.75) is 19.0 Å². The van der Waals surface area contributed by atoms with Crippen molar-refractivity contribution in [3.8, 4) is 0 Å². The molecule has 0 saturated carbocycles. The number of carbonyl (C=O) groups excluding carboxylic acids is 1. The summed E-state index contributed by atoms with van der Waals surface area (Å²) in [7, 11) is 1.46. The molecule has 2 atom stereocenters. The van der Waals surface area contributed by atoms with Crippen LogP contribution in [0, 0.1) is 6.92 Å². The van der Waals surface area contributed by atoms with Crippen molar-refractivity contribution < 1.29 is 13.9 Å². The van der Waals surface area contributed by atoms with Gasteiger partial charge in [0.15, 0.2) is 5.11 Å². The quantitative estimate of drug-likeness (QED) is 0.532. The smallest absolute Gasteiger partial charge is 0.250 e. The number of hydrogen-bond acceptors (Lipinski definition) is 5. The van der Waals surface area contributed by atoms with Crippen molar-refractivity contribution in [2.24, 2.45) is 0 Å². The topological polar surface area (TPSA) is 79.6 Å². The molecule has 7 nitrogen and oxygen atoms in total. The minimum Gasteiger partial charge on any atom is -0.464 e. The van der Waals surface area contributed by atoms with Crippen LogP contribution in [0.1, 0.15) is 29.3 Å². The normalized spacial score (nSPS) is 18.2. The molecule has 0 radical (unpaired) electrons. The van der Waals surface area contributed by atoms with Gasteiger partial charge in [-0.3, -0.25) is 9.78 Å². The highest BCUT2D eigenvalue weighted by atomic mass is 35.5. The fourth-order valence-electron chi connectivity index (χ4n) is 3.61. The zero-order valence-corrected chi connectivity index (χ0v) is 18.5.